The molecule has 0 saturated carbocycles. The van der Waals surface area contributed by atoms with Crippen LogP contribution in [0.25, 0.3) is 0 Å². The molecule has 0 atom stereocenters. The summed E-state index contributed by atoms with van der Waals surface area (Å²) in [7, 11) is 0. The van der Waals surface area contributed by atoms with Crippen molar-refractivity contribution in [3.63, 3.8) is 0 Å². The van der Waals surface area contributed by atoms with Gasteiger partial charge in [-0.3, -0.25) is 0 Å². The van der Waals surface area contributed by atoms with Crippen molar-refractivity contribution in [2.75, 3.05) is 0 Å². The molecule has 0 rings (SSSR count). The minimum Gasteiger partial charge on any atom is -0.554 e. The summed E-state index contributed by atoms with van der Waals surface area (Å²) in [6.45, 7) is -0.500. The zero-order chi connectivity index (χ0) is 2.71. The Morgan fingerprint density at radius 3 is 1.75 bits per heavy atom. The normalized spacial score (nSPS) is 3.00. The molecule has 0 saturated heterocycles. The van der Waals surface area contributed by atoms with Gasteiger partial charge in [0, 0.05) is 6.47 Å². The number of carbonyl (C=O) groups is 1. The summed E-state index contributed by atoms with van der Waals surface area (Å²) in [5.41, 5.74) is 0. The summed E-state index contributed by atoms with van der Waals surface area (Å²) < 4.78 is 0. The molecule has 0 aliphatic rings. The first-order valence-electron chi connectivity index (χ1n) is 0.471. The maximum atomic E-state index is 8.25. The van der Waals surface area contributed by atoms with Gasteiger partial charge in [-0.2, -0.15) is 0 Å². The molecule has 0 aliphatic heterocycles. The first-order valence-corrected chi connectivity index (χ1v) is 0.471. The molecule has 0 heterocycles. The standard InChI is InChI=1S/CH2O2.Cr/c2-1-3;/h1H,(H,2,3);/q;+2/p-1. The minimum absolute atomic E-state index is 0. The Kier molecular flexibility index (Phi) is 27.0. The van der Waals surface area contributed by atoms with Gasteiger partial charge in [-0.1, -0.05) is 0 Å². The van der Waals surface area contributed by atoms with Crippen LogP contribution in [-0.2, 0) is 22.2 Å². The predicted octanol–water partition coefficient (Wildman–Crippen LogP) is -1.64. The molecule has 0 radical (unpaired) electrons. The Bertz CT molecular complexity index is 13.5. The zero-order valence-electron chi connectivity index (χ0n) is 1.80. The average molecular weight is 97.0 g/mol. The third-order valence-corrected chi connectivity index (χ3v) is 0. The molecule has 0 aromatic carbocycles. The van der Waals surface area contributed by atoms with E-state index in [2.05, 4.69) is 0 Å². The molecule has 2 nitrogen and oxygen atoms in total. The fraction of sp³-hybridized carbons (Fsp3) is 0. The van der Waals surface area contributed by atoms with Crippen LogP contribution in [0.2, 0.25) is 0 Å². The zero-order valence-corrected chi connectivity index (χ0v) is 3.08. The predicted molar refractivity (Wildman–Crippen MR) is 6.06 cm³/mol. The third kappa shape index (κ3) is 331000. The molecule has 0 spiro atoms. The van der Waals surface area contributed by atoms with E-state index >= 15 is 0 Å². The molecule has 0 amide bonds. The second kappa shape index (κ2) is 12.0. The van der Waals surface area contributed by atoms with Crippen molar-refractivity contribution in [1.29, 1.82) is 0 Å². The first-order chi connectivity index (χ1) is 1.41. The summed E-state index contributed by atoms with van der Waals surface area (Å²) in [5, 5.41) is 8.25. The summed E-state index contributed by atoms with van der Waals surface area (Å²) in [6, 6.07) is 0. The Morgan fingerprint density at radius 1 is 1.75 bits per heavy atom. The van der Waals surface area contributed by atoms with E-state index in [-0.39, 0.29) is 17.4 Å². The molecule has 0 fully saturated rings. The van der Waals surface area contributed by atoms with Crippen molar-refractivity contribution in [2.45, 2.75) is 0 Å². The maximum Gasteiger partial charge on any atom is 2.00 e. The minimum atomic E-state index is -0.500. The fourth-order valence-corrected chi connectivity index (χ4v) is 0. The Balaban J connectivity index is 0. The van der Waals surface area contributed by atoms with E-state index in [1.54, 1.807) is 0 Å². The Hall–Kier alpha value is 0.00247. The van der Waals surface area contributed by atoms with Crippen LogP contribution >= 0.6 is 0 Å². The topological polar surface area (TPSA) is 40.1 Å². The monoisotopic (exact) mass is 96.9 g/mol. The number of rotatable bonds is 0. The second-order valence-corrected chi connectivity index (χ2v) is 0.0962. The Labute approximate surface area is 34.6 Å². The quantitative estimate of drug-likeness (QED) is 0.340. The van der Waals surface area contributed by atoms with Gasteiger partial charge in [-0.05, 0) is 0 Å². The van der Waals surface area contributed by atoms with Gasteiger partial charge >= 0.3 is 17.4 Å². The van der Waals surface area contributed by atoms with Gasteiger partial charge in [0.1, 0.15) is 0 Å². The van der Waals surface area contributed by atoms with E-state index in [4.69, 9.17) is 9.90 Å². The van der Waals surface area contributed by atoms with E-state index < -0.39 is 6.47 Å². The molecule has 0 aromatic heterocycles. The van der Waals surface area contributed by atoms with Gasteiger partial charge in [-0.25, -0.2) is 0 Å². The van der Waals surface area contributed by atoms with Gasteiger partial charge < -0.3 is 9.90 Å². The molecule has 0 aliphatic carbocycles. The van der Waals surface area contributed by atoms with E-state index in [1.165, 1.54) is 0 Å². The van der Waals surface area contributed by atoms with Gasteiger partial charge in [0.2, 0.25) is 0 Å². The van der Waals surface area contributed by atoms with Gasteiger partial charge in [0.05, 0.1) is 0 Å². The number of carboxylic acid groups (broad SMARTS) is 1. The summed E-state index contributed by atoms with van der Waals surface area (Å²) >= 11 is 0. The molecular weight excluding hydrogens is 96.0 g/mol. The van der Waals surface area contributed by atoms with Crippen LogP contribution in [-0.4, -0.2) is 6.47 Å². The van der Waals surface area contributed by atoms with Gasteiger partial charge in [0.25, 0.3) is 0 Å². The van der Waals surface area contributed by atoms with Gasteiger partial charge in [-0.15, -0.1) is 0 Å². The van der Waals surface area contributed by atoms with Crippen LogP contribution in [0.1, 0.15) is 0 Å². The fourth-order valence-electron chi connectivity index (χ4n) is 0. The number of carbonyl (C=O) groups excluding carboxylic acids is 1. The van der Waals surface area contributed by atoms with Crippen molar-refractivity contribution in [3.8, 4) is 0 Å². The molecule has 0 bridgehead atoms. The van der Waals surface area contributed by atoms with Crippen LogP contribution in [0.3, 0.4) is 0 Å². The van der Waals surface area contributed by atoms with Crippen molar-refractivity contribution in [3.05, 3.63) is 0 Å². The maximum absolute atomic E-state index is 8.25. The van der Waals surface area contributed by atoms with Crippen molar-refractivity contribution in [2.24, 2.45) is 0 Å². The van der Waals surface area contributed by atoms with Crippen LogP contribution in [0.15, 0.2) is 0 Å². The third-order valence-electron chi connectivity index (χ3n) is 0. The summed E-state index contributed by atoms with van der Waals surface area (Å²) in [5.74, 6) is 0. The summed E-state index contributed by atoms with van der Waals surface area (Å²) in [4.78, 5) is 8.25. The largest absolute Gasteiger partial charge is 2.00 e. The molecule has 0 aromatic rings. The molecule has 22 valence electrons. The molecule has 3 heteroatoms. The van der Waals surface area contributed by atoms with Gasteiger partial charge in [0.15, 0.2) is 0 Å². The second-order valence-electron chi connectivity index (χ2n) is 0.0962. The van der Waals surface area contributed by atoms with E-state index in [0.717, 1.165) is 0 Å². The molecule has 4 heavy (non-hydrogen) atoms. The Morgan fingerprint density at radius 2 is 1.75 bits per heavy atom. The van der Waals surface area contributed by atoms with E-state index in [0.29, 0.717) is 0 Å². The van der Waals surface area contributed by atoms with Crippen molar-refractivity contribution in [1.82, 2.24) is 0 Å². The number of hydrogen-bond acceptors (Lipinski definition) is 2. The van der Waals surface area contributed by atoms with Crippen molar-refractivity contribution < 1.29 is 27.3 Å². The average Bonchev–Trinajstić information content (AvgIpc) is 0.918. The van der Waals surface area contributed by atoms with Crippen LogP contribution < -0.4 is 5.11 Å². The number of hydrogen-bond donors (Lipinski definition) is 0. The van der Waals surface area contributed by atoms with E-state index in [1.807, 2.05) is 0 Å². The molecular formula is CHCrO2+. The first kappa shape index (κ1) is 9.00. The van der Waals surface area contributed by atoms with E-state index in [9.17, 15) is 0 Å². The van der Waals surface area contributed by atoms with Crippen LogP contribution in [0.4, 0.5) is 0 Å². The smallest absolute Gasteiger partial charge is 0.554 e. The molecule has 0 N–H and O–H groups in total. The molecule has 0 unspecified atom stereocenters. The van der Waals surface area contributed by atoms with Crippen LogP contribution in [0.5, 0.6) is 0 Å². The van der Waals surface area contributed by atoms with Crippen molar-refractivity contribution >= 4 is 6.47 Å². The SMILES string of the molecule is O=C[O-].[Cr+2]. The summed E-state index contributed by atoms with van der Waals surface area (Å²) in [6.07, 6.45) is 0. The van der Waals surface area contributed by atoms with Crippen LogP contribution in [0, 0.1) is 0 Å².